The molecule has 1 heterocycles. The number of amides is 1. The summed E-state index contributed by atoms with van der Waals surface area (Å²) < 4.78 is 0. The molecule has 1 fully saturated rings. The molecule has 1 aromatic carbocycles. The molecule has 20 heavy (non-hydrogen) atoms. The second-order valence-electron chi connectivity index (χ2n) is 5.40. The second kappa shape index (κ2) is 5.17. The van der Waals surface area contributed by atoms with Crippen molar-refractivity contribution in [1.29, 1.82) is 0 Å². The van der Waals surface area contributed by atoms with Gasteiger partial charge in [-0.15, -0.1) is 0 Å². The molecule has 0 radical (unpaired) electrons. The van der Waals surface area contributed by atoms with E-state index in [1.807, 2.05) is 24.3 Å². The van der Waals surface area contributed by atoms with Crippen LogP contribution < -0.4 is 5.32 Å². The van der Waals surface area contributed by atoms with E-state index in [0.717, 1.165) is 30.3 Å². The average molecular weight is 271 g/mol. The maximum atomic E-state index is 12.1. The fraction of sp³-hybridized carbons (Fsp3) is 0.400. The molecule has 0 spiro atoms. The normalized spacial score (nSPS) is 16.1. The number of carbonyl (C=O) groups excluding carboxylic acids is 1. The van der Waals surface area contributed by atoms with Crippen LogP contribution in [-0.4, -0.2) is 34.1 Å². The summed E-state index contributed by atoms with van der Waals surface area (Å²) in [5.41, 5.74) is 1.94. The Morgan fingerprint density at radius 2 is 2.05 bits per heavy atom. The fourth-order valence-electron chi connectivity index (χ4n) is 2.35. The van der Waals surface area contributed by atoms with E-state index in [-0.39, 0.29) is 17.9 Å². The summed E-state index contributed by atoms with van der Waals surface area (Å²) >= 11 is 0. The summed E-state index contributed by atoms with van der Waals surface area (Å²) in [5, 5.41) is 11.9. The van der Waals surface area contributed by atoms with Crippen LogP contribution in [0.2, 0.25) is 0 Å². The molecule has 1 amide bonds. The van der Waals surface area contributed by atoms with E-state index < -0.39 is 0 Å². The van der Waals surface area contributed by atoms with Crippen molar-refractivity contribution in [2.24, 2.45) is 5.41 Å². The first-order chi connectivity index (χ1) is 9.72. The summed E-state index contributed by atoms with van der Waals surface area (Å²) in [7, 11) is 0. The number of hydrogen-bond acceptors (Lipinski definition) is 4. The largest absolute Gasteiger partial charge is 0.396 e. The van der Waals surface area contributed by atoms with E-state index in [2.05, 4.69) is 15.3 Å². The Morgan fingerprint density at radius 3 is 2.75 bits per heavy atom. The Balaban J connectivity index is 1.69. The molecule has 5 heteroatoms. The molecular formula is C15H17N3O2. The molecule has 0 unspecified atom stereocenters. The van der Waals surface area contributed by atoms with Gasteiger partial charge in [0.2, 0.25) is 0 Å². The zero-order valence-corrected chi connectivity index (χ0v) is 11.2. The highest BCUT2D eigenvalue weighted by Crippen LogP contribution is 2.47. The molecule has 2 aromatic rings. The van der Waals surface area contributed by atoms with E-state index in [9.17, 15) is 4.79 Å². The van der Waals surface area contributed by atoms with Gasteiger partial charge in [-0.2, -0.15) is 0 Å². The number of aliphatic hydroxyl groups is 1. The lowest BCUT2D eigenvalue weighted by Gasteiger charge is -2.14. The summed E-state index contributed by atoms with van der Waals surface area (Å²) in [5.74, 6) is -0.201. The molecule has 104 valence electrons. The van der Waals surface area contributed by atoms with Gasteiger partial charge in [0.1, 0.15) is 5.69 Å². The van der Waals surface area contributed by atoms with Gasteiger partial charge in [0.05, 0.1) is 17.2 Å². The molecule has 0 aliphatic heterocycles. The quantitative estimate of drug-likeness (QED) is 0.864. The minimum atomic E-state index is -0.201. The number of nitrogens with one attached hydrogen (secondary N) is 1. The van der Waals surface area contributed by atoms with E-state index in [1.54, 1.807) is 0 Å². The van der Waals surface area contributed by atoms with Gasteiger partial charge in [0.25, 0.3) is 5.91 Å². The number of fused-ring (bicyclic) bond motifs is 1. The Hall–Kier alpha value is -2.01. The van der Waals surface area contributed by atoms with Crippen LogP contribution in [0.3, 0.4) is 0 Å². The summed E-state index contributed by atoms with van der Waals surface area (Å²) in [6.45, 7) is 0.770. The topological polar surface area (TPSA) is 75.1 Å². The van der Waals surface area contributed by atoms with Gasteiger partial charge in [-0.3, -0.25) is 9.78 Å². The predicted molar refractivity (Wildman–Crippen MR) is 75.2 cm³/mol. The Bertz CT molecular complexity index is 638. The van der Waals surface area contributed by atoms with Crippen LogP contribution in [0.4, 0.5) is 0 Å². The number of benzene rings is 1. The first kappa shape index (κ1) is 13.0. The van der Waals surface area contributed by atoms with E-state index in [4.69, 9.17) is 5.11 Å². The van der Waals surface area contributed by atoms with Crippen molar-refractivity contribution in [1.82, 2.24) is 15.3 Å². The van der Waals surface area contributed by atoms with Crippen LogP contribution >= 0.6 is 0 Å². The number of carbonyl (C=O) groups is 1. The van der Waals surface area contributed by atoms with Crippen molar-refractivity contribution in [2.75, 3.05) is 13.2 Å². The number of aromatic nitrogens is 2. The fourth-order valence-corrected chi connectivity index (χ4v) is 2.35. The van der Waals surface area contributed by atoms with Crippen LogP contribution in [0.5, 0.6) is 0 Å². The second-order valence-corrected chi connectivity index (χ2v) is 5.40. The Kier molecular flexibility index (Phi) is 3.36. The molecule has 1 aliphatic rings. The molecule has 3 rings (SSSR count). The summed E-state index contributed by atoms with van der Waals surface area (Å²) in [6, 6.07) is 7.47. The molecule has 1 aromatic heterocycles. The van der Waals surface area contributed by atoms with Crippen LogP contribution in [0.25, 0.3) is 11.0 Å². The monoisotopic (exact) mass is 271 g/mol. The van der Waals surface area contributed by atoms with Gasteiger partial charge in [0, 0.05) is 13.2 Å². The minimum Gasteiger partial charge on any atom is -0.396 e. The number of para-hydroxylation sites is 2. The van der Waals surface area contributed by atoms with E-state index in [0.29, 0.717) is 12.2 Å². The third-order valence-electron chi connectivity index (χ3n) is 3.90. The summed E-state index contributed by atoms with van der Waals surface area (Å²) in [4.78, 5) is 20.6. The van der Waals surface area contributed by atoms with Crippen LogP contribution in [0.15, 0.2) is 30.5 Å². The third-order valence-corrected chi connectivity index (χ3v) is 3.90. The van der Waals surface area contributed by atoms with Crippen molar-refractivity contribution in [3.63, 3.8) is 0 Å². The molecule has 0 saturated heterocycles. The maximum absolute atomic E-state index is 12.1. The maximum Gasteiger partial charge on any atom is 0.271 e. The molecule has 5 nitrogen and oxygen atoms in total. The predicted octanol–water partition coefficient (Wildman–Crippen LogP) is 1.52. The third kappa shape index (κ3) is 2.63. The van der Waals surface area contributed by atoms with E-state index in [1.165, 1.54) is 6.20 Å². The van der Waals surface area contributed by atoms with Gasteiger partial charge in [0.15, 0.2) is 0 Å². The highest BCUT2D eigenvalue weighted by Gasteiger charge is 2.41. The van der Waals surface area contributed by atoms with Gasteiger partial charge in [-0.05, 0) is 36.8 Å². The number of aliphatic hydroxyl groups excluding tert-OH is 1. The molecule has 2 N–H and O–H groups in total. The van der Waals surface area contributed by atoms with Gasteiger partial charge in [-0.25, -0.2) is 4.98 Å². The standard InChI is InChI=1S/C15H17N3O2/c19-8-7-15(5-6-15)10-17-14(20)13-9-16-11-3-1-2-4-12(11)18-13/h1-4,9,19H,5-8,10H2,(H,17,20). The van der Waals surface area contributed by atoms with Crippen LogP contribution in [-0.2, 0) is 0 Å². The number of rotatable bonds is 5. The Labute approximate surface area is 117 Å². The molecule has 0 atom stereocenters. The number of nitrogens with zero attached hydrogens (tertiary/aromatic N) is 2. The lowest BCUT2D eigenvalue weighted by molar-refractivity contribution is 0.0936. The highest BCUT2D eigenvalue weighted by atomic mass is 16.3. The first-order valence-corrected chi connectivity index (χ1v) is 6.83. The van der Waals surface area contributed by atoms with Crippen molar-refractivity contribution >= 4 is 16.9 Å². The van der Waals surface area contributed by atoms with E-state index >= 15 is 0 Å². The van der Waals surface area contributed by atoms with Crippen LogP contribution in [0, 0.1) is 5.41 Å². The average Bonchev–Trinajstić information content (AvgIpc) is 3.25. The lowest BCUT2D eigenvalue weighted by atomic mass is 10.0. The Morgan fingerprint density at radius 1 is 1.30 bits per heavy atom. The summed E-state index contributed by atoms with van der Waals surface area (Å²) in [6.07, 6.45) is 4.38. The zero-order chi connectivity index (χ0) is 14.0. The minimum absolute atomic E-state index is 0.106. The smallest absolute Gasteiger partial charge is 0.271 e. The molecule has 0 bridgehead atoms. The molecule has 1 saturated carbocycles. The van der Waals surface area contributed by atoms with Crippen molar-refractivity contribution in [2.45, 2.75) is 19.3 Å². The van der Waals surface area contributed by atoms with Crippen molar-refractivity contribution in [3.05, 3.63) is 36.2 Å². The van der Waals surface area contributed by atoms with Gasteiger partial charge >= 0.3 is 0 Å². The van der Waals surface area contributed by atoms with Crippen molar-refractivity contribution < 1.29 is 9.90 Å². The zero-order valence-electron chi connectivity index (χ0n) is 11.2. The lowest BCUT2D eigenvalue weighted by Crippen LogP contribution is -2.31. The molecular weight excluding hydrogens is 254 g/mol. The highest BCUT2D eigenvalue weighted by molar-refractivity contribution is 5.93. The SMILES string of the molecule is O=C(NCC1(CCO)CC1)c1cnc2ccccc2n1. The molecule has 1 aliphatic carbocycles. The van der Waals surface area contributed by atoms with Crippen LogP contribution in [0.1, 0.15) is 29.8 Å². The van der Waals surface area contributed by atoms with Gasteiger partial charge < -0.3 is 10.4 Å². The first-order valence-electron chi connectivity index (χ1n) is 6.83. The van der Waals surface area contributed by atoms with Crippen molar-refractivity contribution in [3.8, 4) is 0 Å². The van der Waals surface area contributed by atoms with Gasteiger partial charge in [-0.1, -0.05) is 12.1 Å². The number of hydrogen-bond donors (Lipinski definition) is 2.